The highest BCUT2D eigenvalue weighted by Crippen LogP contribution is 2.28. The molecule has 0 aliphatic carbocycles. The van der Waals surface area contributed by atoms with Gasteiger partial charge in [-0.15, -0.1) is 0 Å². The molecule has 5 nitrogen and oxygen atoms in total. The number of aryl methyl sites for hydroxylation is 3. The lowest BCUT2D eigenvalue weighted by Crippen LogP contribution is -2.07. The molecule has 1 aromatic heterocycles. The Morgan fingerprint density at radius 1 is 1.00 bits per heavy atom. The molecule has 0 atom stereocenters. The molecule has 25 heavy (non-hydrogen) atoms. The second-order valence-electron chi connectivity index (χ2n) is 5.93. The average Bonchev–Trinajstić information content (AvgIpc) is 3.01. The fourth-order valence-electron chi connectivity index (χ4n) is 3.08. The standard InChI is InChI=1S/C20H24N2O3/c1-24-18-10-9-15(14-19(18)25-2)11-12-22-17-7-4-3-6-16(17)21-20(22)8-5-13-23/h3-4,6-7,9-10,14,23H,5,8,11-13H2,1-2H3. The molecule has 5 heteroatoms. The fraction of sp³-hybridized carbons (Fsp3) is 0.350. The number of para-hydroxylation sites is 2. The molecule has 0 radical (unpaired) electrons. The van der Waals surface area contributed by atoms with E-state index in [0.717, 1.165) is 54.2 Å². The van der Waals surface area contributed by atoms with Crippen LogP contribution < -0.4 is 9.47 Å². The average molecular weight is 340 g/mol. The lowest BCUT2D eigenvalue weighted by molar-refractivity contribution is 0.287. The molecule has 3 aromatic rings. The van der Waals surface area contributed by atoms with Crippen LogP contribution in [0.15, 0.2) is 42.5 Å². The van der Waals surface area contributed by atoms with Gasteiger partial charge in [0.05, 0.1) is 25.3 Å². The number of imidazole rings is 1. The van der Waals surface area contributed by atoms with E-state index in [1.807, 2.05) is 30.3 Å². The zero-order valence-electron chi connectivity index (χ0n) is 14.7. The van der Waals surface area contributed by atoms with Gasteiger partial charge in [-0.3, -0.25) is 0 Å². The molecule has 0 saturated heterocycles. The van der Waals surface area contributed by atoms with Crippen LogP contribution in [0.2, 0.25) is 0 Å². The second-order valence-corrected chi connectivity index (χ2v) is 5.93. The minimum Gasteiger partial charge on any atom is -0.493 e. The molecule has 1 heterocycles. The lowest BCUT2D eigenvalue weighted by atomic mass is 10.1. The van der Waals surface area contributed by atoms with E-state index in [0.29, 0.717) is 0 Å². The second kappa shape index (κ2) is 8.03. The van der Waals surface area contributed by atoms with E-state index in [-0.39, 0.29) is 6.61 Å². The van der Waals surface area contributed by atoms with Gasteiger partial charge >= 0.3 is 0 Å². The first kappa shape index (κ1) is 17.3. The third-order valence-corrected chi connectivity index (χ3v) is 4.36. The van der Waals surface area contributed by atoms with Crippen molar-refractivity contribution in [3.63, 3.8) is 0 Å². The molecular weight excluding hydrogens is 316 g/mol. The van der Waals surface area contributed by atoms with Crippen molar-refractivity contribution in [1.29, 1.82) is 0 Å². The number of hydrogen-bond acceptors (Lipinski definition) is 4. The molecule has 0 fully saturated rings. The van der Waals surface area contributed by atoms with Crippen LogP contribution in [-0.4, -0.2) is 35.5 Å². The Kier molecular flexibility index (Phi) is 5.56. The van der Waals surface area contributed by atoms with Gasteiger partial charge in [0.1, 0.15) is 5.82 Å². The summed E-state index contributed by atoms with van der Waals surface area (Å²) in [6.07, 6.45) is 2.36. The van der Waals surface area contributed by atoms with E-state index in [9.17, 15) is 0 Å². The Labute approximate surface area is 147 Å². The monoisotopic (exact) mass is 340 g/mol. The van der Waals surface area contributed by atoms with Crippen LogP contribution in [0.5, 0.6) is 11.5 Å². The SMILES string of the molecule is COc1ccc(CCn2c(CCCO)nc3ccccc32)cc1OC. The van der Waals surface area contributed by atoms with Crippen molar-refractivity contribution in [3.05, 3.63) is 53.9 Å². The largest absolute Gasteiger partial charge is 0.493 e. The minimum absolute atomic E-state index is 0.179. The number of fused-ring (bicyclic) bond motifs is 1. The number of benzene rings is 2. The van der Waals surface area contributed by atoms with Gasteiger partial charge in [-0.2, -0.15) is 0 Å². The van der Waals surface area contributed by atoms with Crippen molar-refractivity contribution < 1.29 is 14.6 Å². The highest BCUT2D eigenvalue weighted by Gasteiger charge is 2.11. The maximum Gasteiger partial charge on any atom is 0.160 e. The fourth-order valence-corrected chi connectivity index (χ4v) is 3.08. The summed E-state index contributed by atoms with van der Waals surface area (Å²) in [5, 5.41) is 9.15. The zero-order chi connectivity index (χ0) is 17.6. The molecule has 0 aliphatic heterocycles. The molecule has 132 valence electrons. The quantitative estimate of drug-likeness (QED) is 0.684. The van der Waals surface area contributed by atoms with Crippen LogP contribution in [0.3, 0.4) is 0 Å². The Morgan fingerprint density at radius 2 is 1.80 bits per heavy atom. The van der Waals surface area contributed by atoms with Crippen LogP contribution >= 0.6 is 0 Å². The van der Waals surface area contributed by atoms with Crippen molar-refractivity contribution in [3.8, 4) is 11.5 Å². The zero-order valence-corrected chi connectivity index (χ0v) is 14.7. The summed E-state index contributed by atoms with van der Waals surface area (Å²) in [7, 11) is 3.29. The van der Waals surface area contributed by atoms with Crippen LogP contribution in [0, 0.1) is 0 Å². The van der Waals surface area contributed by atoms with E-state index in [1.165, 1.54) is 5.56 Å². The Bertz CT molecular complexity index is 842. The van der Waals surface area contributed by atoms with Crippen molar-refractivity contribution in [2.24, 2.45) is 0 Å². The Hall–Kier alpha value is -2.53. The van der Waals surface area contributed by atoms with Gasteiger partial charge in [0.25, 0.3) is 0 Å². The first-order chi connectivity index (χ1) is 12.3. The first-order valence-electron chi connectivity index (χ1n) is 8.52. The molecular formula is C20H24N2O3. The normalized spacial score (nSPS) is 11.0. The third kappa shape index (κ3) is 3.77. The highest BCUT2D eigenvalue weighted by atomic mass is 16.5. The van der Waals surface area contributed by atoms with E-state index < -0.39 is 0 Å². The van der Waals surface area contributed by atoms with Crippen LogP contribution in [-0.2, 0) is 19.4 Å². The highest BCUT2D eigenvalue weighted by molar-refractivity contribution is 5.75. The number of methoxy groups -OCH3 is 2. The van der Waals surface area contributed by atoms with Gasteiger partial charge in [-0.1, -0.05) is 18.2 Å². The molecule has 0 saturated carbocycles. The van der Waals surface area contributed by atoms with Gasteiger partial charge in [0.15, 0.2) is 11.5 Å². The Morgan fingerprint density at radius 3 is 2.56 bits per heavy atom. The van der Waals surface area contributed by atoms with E-state index in [2.05, 4.69) is 16.7 Å². The van der Waals surface area contributed by atoms with E-state index >= 15 is 0 Å². The summed E-state index contributed by atoms with van der Waals surface area (Å²) in [6, 6.07) is 14.2. The van der Waals surface area contributed by atoms with Crippen LogP contribution in [0.1, 0.15) is 17.8 Å². The molecule has 3 rings (SSSR count). The van der Waals surface area contributed by atoms with Gasteiger partial charge in [-0.05, 0) is 42.7 Å². The van der Waals surface area contributed by atoms with Gasteiger partial charge in [-0.25, -0.2) is 4.98 Å². The number of aliphatic hydroxyl groups excluding tert-OH is 1. The molecule has 0 aliphatic rings. The number of nitrogens with zero attached hydrogens (tertiary/aromatic N) is 2. The first-order valence-corrected chi connectivity index (χ1v) is 8.52. The molecule has 0 amide bonds. The van der Waals surface area contributed by atoms with E-state index in [4.69, 9.17) is 19.6 Å². The molecule has 0 bridgehead atoms. The summed E-state index contributed by atoms with van der Waals surface area (Å²) in [5.74, 6) is 2.51. The van der Waals surface area contributed by atoms with Gasteiger partial charge in [0.2, 0.25) is 0 Å². The number of aliphatic hydroxyl groups is 1. The van der Waals surface area contributed by atoms with Gasteiger partial charge in [0, 0.05) is 19.6 Å². The van der Waals surface area contributed by atoms with E-state index in [1.54, 1.807) is 14.2 Å². The van der Waals surface area contributed by atoms with Crippen molar-refractivity contribution in [2.45, 2.75) is 25.8 Å². The van der Waals surface area contributed by atoms with Crippen molar-refractivity contribution in [1.82, 2.24) is 9.55 Å². The predicted octanol–water partition coefficient (Wildman–Crippen LogP) is 3.22. The number of rotatable bonds is 8. The van der Waals surface area contributed by atoms with Crippen LogP contribution in [0.25, 0.3) is 11.0 Å². The lowest BCUT2D eigenvalue weighted by Gasteiger charge is -2.12. The Balaban J connectivity index is 1.85. The van der Waals surface area contributed by atoms with Crippen molar-refractivity contribution >= 4 is 11.0 Å². The molecule has 2 aromatic carbocycles. The third-order valence-electron chi connectivity index (χ3n) is 4.36. The maximum atomic E-state index is 9.15. The maximum absolute atomic E-state index is 9.15. The summed E-state index contributed by atoms with van der Waals surface area (Å²) in [5.41, 5.74) is 3.32. The predicted molar refractivity (Wildman–Crippen MR) is 98.4 cm³/mol. The number of ether oxygens (including phenoxy) is 2. The minimum atomic E-state index is 0.179. The molecule has 0 unspecified atom stereocenters. The molecule has 0 spiro atoms. The van der Waals surface area contributed by atoms with Crippen LogP contribution in [0.4, 0.5) is 0 Å². The smallest absolute Gasteiger partial charge is 0.160 e. The topological polar surface area (TPSA) is 56.5 Å². The summed E-state index contributed by atoms with van der Waals surface area (Å²) in [6.45, 7) is 1.01. The number of aromatic nitrogens is 2. The number of hydrogen-bond donors (Lipinski definition) is 1. The van der Waals surface area contributed by atoms with Gasteiger partial charge < -0.3 is 19.1 Å². The summed E-state index contributed by atoms with van der Waals surface area (Å²) >= 11 is 0. The van der Waals surface area contributed by atoms with Crippen molar-refractivity contribution in [2.75, 3.05) is 20.8 Å². The summed E-state index contributed by atoms with van der Waals surface area (Å²) in [4.78, 5) is 4.73. The molecule has 1 N–H and O–H groups in total. The summed E-state index contributed by atoms with van der Waals surface area (Å²) < 4.78 is 12.9.